The Morgan fingerprint density at radius 3 is 2.31 bits per heavy atom. The third-order valence-electron chi connectivity index (χ3n) is 6.78. The molecule has 2 aliphatic rings. The molecule has 0 spiro atoms. The Kier molecular flexibility index (Phi) is 8.23. The number of aliphatic hydroxyl groups is 5. The molecule has 0 bridgehead atoms. The molecule has 2 heterocycles. The summed E-state index contributed by atoms with van der Waals surface area (Å²) in [7, 11) is 3.07. The summed E-state index contributed by atoms with van der Waals surface area (Å²) < 4.78 is 28.6. The molecule has 36 heavy (non-hydrogen) atoms. The molecule has 0 saturated carbocycles. The minimum atomic E-state index is -1.55. The second-order valence-electron chi connectivity index (χ2n) is 9.10. The molecule has 0 amide bonds. The van der Waals surface area contributed by atoms with Gasteiger partial charge in [0.15, 0.2) is 23.0 Å². The Balaban J connectivity index is 1.57. The summed E-state index contributed by atoms with van der Waals surface area (Å²) >= 11 is 0. The quantitative estimate of drug-likeness (QED) is 0.334. The van der Waals surface area contributed by atoms with Crippen LogP contribution in [0.25, 0.3) is 0 Å². The SMILES string of the molecule is COc1cc([C@H]2Oc3c(OC)cc(CCCO)cc3[C@@H]2C)ccc1O[C@@H]1O[C@H](CO)[C@@H](O)[C@H](O)[C@H]1O. The van der Waals surface area contributed by atoms with Gasteiger partial charge in [-0.15, -0.1) is 0 Å². The molecule has 4 rings (SSSR count). The monoisotopic (exact) mass is 506 g/mol. The zero-order valence-electron chi connectivity index (χ0n) is 20.5. The van der Waals surface area contributed by atoms with Crippen LogP contribution in [0.5, 0.6) is 23.0 Å². The number of benzene rings is 2. The highest BCUT2D eigenvalue weighted by Gasteiger charge is 2.45. The number of methoxy groups -OCH3 is 2. The van der Waals surface area contributed by atoms with Crippen molar-refractivity contribution in [3.63, 3.8) is 0 Å². The summed E-state index contributed by atoms with van der Waals surface area (Å²) in [5.41, 5.74) is 2.92. The highest BCUT2D eigenvalue weighted by molar-refractivity contribution is 5.55. The van der Waals surface area contributed by atoms with Gasteiger partial charge in [0, 0.05) is 18.1 Å². The molecule has 2 aromatic rings. The van der Waals surface area contributed by atoms with Crippen molar-refractivity contribution >= 4 is 0 Å². The number of aryl methyl sites for hydroxylation is 1. The Labute approximate surface area is 209 Å². The largest absolute Gasteiger partial charge is 0.493 e. The van der Waals surface area contributed by atoms with Crippen LogP contribution in [-0.4, -0.2) is 83.7 Å². The van der Waals surface area contributed by atoms with Crippen LogP contribution < -0.4 is 18.9 Å². The highest BCUT2D eigenvalue weighted by Crippen LogP contribution is 2.51. The van der Waals surface area contributed by atoms with E-state index in [1.54, 1.807) is 19.2 Å². The molecule has 198 valence electrons. The highest BCUT2D eigenvalue weighted by atomic mass is 16.7. The lowest BCUT2D eigenvalue weighted by Crippen LogP contribution is -2.60. The number of fused-ring (bicyclic) bond motifs is 1. The van der Waals surface area contributed by atoms with Crippen molar-refractivity contribution in [2.45, 2.75) is 62.5 Å². The topological polar surface area (TPSA) is 147 Å². The first-order chi connectivity index (χ1) is 17.3. The summed E-state index contributed by atoms with van der Waals surface area (Å²) in [6, 6.07) is 9.26. The summed E-state index contributed by atoms with van der Waals surface area (Å²) in [6.45, 7) is 1.63. The minimum absolute atomic E-state index is 0.00454. The first-order valence-electron chi connectivity index (χ1n) is 12.0. The fourth-order valence-electron chi connectivity index (χ4n) is 4.72. The smallest absolute Gasteiger partial charge is 0.229 e. The van der Waals surface area contributed by atoms with E-state index < -0.39 is 37.3 Å². The lowest BCUT2D eigenvalue weighted by molar-refractivity contribution is -0.277. The van der Waals surface area contributed by atoms with Crippen molar-refractivity contribution in [2.75, 3.05) is 27.4 Å². The van der Waals surface area contributed by atoms with Gasteiger partial charge in [0.25, 0.3) is 0 Å². The second kappa shape index (κ2) is 11.2. The third kappa shape index (κ3) is 4.97. The molecule has 0 unspecified atom stereocenters. The van der Waals surface area contributed by atoms with E-state index in [4.69, 9.17) is 23.7 Å². The molecule has 7 atom stereocenters. The van der Waals surface area contributed by atoms with Gasteiger partial charge in [-0.3, -0.25) is 0 Å². The van der Waals surface area contributed by atoms with Gasteiger partial charge in [0.1, 0.15) is 30.5 Å². The number of hydrogen-bond acceptors (Lipinski definition) is 10. The molecule has 5 N–H and O–H groups in total. The third-order valence-corrected chi connectivity index (χ3v) is 6.78. The van der Waals surface area contributed by atoms with Gasteiger partial charge in [-0.05, 0) is 42.2 Å². The number of rotatable bonds is 9. The Hall–Kier alpha value is -2.60. The molecule has 0 radical (unpaired) electrons. The van der Waals surface area contributed by atoms with E-state index in [2.05, 4.69) is 13.0 Å². The van der Waals surface area contributed by atoms with E-state index in [9.17, 15) is 25.5 Å². The molecular formula is C26H34O10. The molecule has 10 nitrogen and oxygen atoms in total. The summed E-state index contributed by atoms with van der Waals surface area (Å²) in [4.78, 5) is 0. The summed E-state index contributed by atoms with van der Waals surface area (Å²) in [6.07, 6.45) is -5.89. The summed E-state index contributed by atoms with van der Waals surface area (Å²) in [5.74, 6) is 1.93. The van der Waals surface area contributed by atoms with E-state index >= 15 is 0 Å². The van der Waals surface area contributed by atoms with Crippen LogP contribution in [0.2, 0.25) is 0 Å². The maximum atomic E-state index is 10.3. The van der Waals surface area contributed by atoms with Gasteiger partial charge in [-0.2, -0.15) is 0 Å². The molecule has 2 aliphatic heterocycles. The van der Waals surface area contributed by atoms with Crippen LogP contribution in [-0.2, 0) is 11.2 Å². The average molecular weight is 507 g/mol. The van der Waals surface area contributed by atoms with E-state index in [-0.39, 0.29) is 24.4 Å². The van der Waals surface area contributed by atoms with Gasteiger partial charge >= 0.3 is 0 Å². The van der Waals surface area contributed by atoms with Crippen LogP contribution in [0.3, 0.4) is 0 Å². The maximum Gasteiger partial charge on any atom is 0.229 e. The molecule has 0 aromatic heterocycles. The normalized spacial score (nSPS) is 29.4. The lowest BCUT2D eigenvalue weighted by atomic mass is 9.91. The Morgan fingerprint density at radius 2 is 1.64 bits per heavy atom. The van der Waals surface area contributed by atoms with Crippen molar-refractivity contribution in [1.82, 2.24) is 0 Å². The van der Waals surface area contributed by atoms with Crippen LogP contribution in [0, 0.1) is 0 Å². The lowest BCUT2D eigenvalue weighted by Gasteiger charge is -2.39. The van der Waals surface area contributed by atoms with Crippen LogP contribution in [0.4, 0.5) is 0 Å². The average Bonchev–Trinajstić information content (AvgIpc) is 3.23. The Morgan fingerprint density at radius 1 is 0.889 bits per heavy atom. The molecule has 0 aliphatic carbocycles. The van der Waals surface area contributed by atoms with Gasteiger partial charge in [0.2, 0.25) is 6.29 Å². The van der Waals surface area contributed by atoms with Crippen molar-refractivity contribution in [3.05, 3.63) is 47.0 Å². The van der Waals surface area contributed by atoms with Gasteiger partial charge in [0.05, 0.1) is 20.8 Å². The number of hydrogen-bond donors (Lipinski definition) is 5. The molecule has 1 fully saturated rings. The minimum Gasteiger partial charge on any atom is -0.493 e. The predicted octanol–water partition coefficient (Wildman–Crippen LogP) is 1.04. The zero-order valence-corrected chi connectivity index (χ0v) is 20.5. The van der Waals surface area contributed by atoms with Crippen LogP contribution in [0.1, 0.15) is 42.1 Å². The molecular weight excluding hydrogens is 472 g/mol. The standard InChI is InChI=1S/C26H34O10/c1-13-16-9-14(5-4-8-27)10-19(33-3)25(16)36-24(13)15-6-7-17(18(11-15)32-2)34-26-23(31)22(30)21(29)20(12-28)35-26/h6-7,9-11,13,20-24,26-31H,4-5,8,12H2,1-3H3/t13-,20+,21+,22-,23+,24-,26+/m0/s1. The van der Waals surface area contributed by atoms with E-state index in [1.807, 2.05) is 12.1 Å². The second-order valence-corrected chi connectivity index (χ2v) is 9.10. The maximum absolute atomic E-state index is 10.3. The van der Waals surface area contributed by atoms with Crippen LogP contribution >= 0.6 is 0 Å². The van der Waals surface area contributed by atoms with E-state index in [0.29, 0.717) is 23.7 Å². The van der Waals surface area contributed by atoms with Gasteiger partial charge < -0.3 is 49.2 Å². The van der Waals surface area contributed by atoms with Crippen LogP contribution in [0.15, 0.2) is 30.3 Å². The zero-order chi connectivity index (χ0) is 26.0. The van der Waals surface area contributed by atoms with Crippen molar-refractivity contribution in [2.24, 2.45) is 0 Å². The van der Waals surface area contributed by atoms with Gasteiger partial charge in [-0.25, -0.2) is 0 Å². The fourth-order valence-corrected chi connectivity index (χ4v) is 4.72. The van der Waals surface area contributed by atoms with Gasteiger partial charge in [-0.1, -0.05) is 19.1 Å². The molecule has 1 saturated heterocycles. The first-order valence-corrected chi connectivity index (χ1v) is 12.0. The number of aliphatic hydroxyl groups excluding tert-OH is 5. The molecule has 10 heteroatoms. The first kappa shape index (κ1) is 26.5. The predicted molar refractivity (Wildman–Crippen MR) is 128 cm³/mol. The molecule has 2 aromatic carbocycles. The number of ether oxygens (including phenoxy) is 5. The summed E-state index contributed by atoms with van der Waals surface area (Å²) in [5, 5.41) is 48.9. The van der Waals surface area contributed by atoms with Crippen molar-refractivity contribution < 1.29 is 49.2 Å². The van der Waals surface area contributed by atoms with Crippen molar-refractivity contribution in [3.8, 4) is 23.0 Å². The van der Waals surface area contributed by atoms with E-state index in [0.717, 1.165) is 23.1 Å². The van der Waals surface area contributed by atoms with E-state index in [1.165, 1.54) is 7.11 Å². The van der Waals surface area contributed by atoms with Crippen molar-refractivity contribution in [1.29, 1.82) is 0 Å². The Bertz CT molecular complexity index is 1040. The fraction of sp³-hybridized carbons (Fsp3) is 0.538.